The second kappa shape index (κ2) is 3.02. The van der Waals surface area contributed by atoms with Crippen molar-refractivity contribution in [2.75, 3.05) is 0 Å². The van der Waals surface area contributed by atoms with E-state index >= 15 is 0 Å². The molecule has 0 aromatic carbocycles. The van der Waals surface area contributed by atoms with Crippen LogP contribution in [0.5, 0.6) is 0 Å². The third-order valence-electron chi connectivity index (χ3n) is 1.42. The van der Waals surface area contributed by atoms with Crippen molar-refractivity contribution < 1.29 is 4.52 Å². The first-order chi connectivity index (χ1) is 6.25. The number of nitrogens with zero attached hydrogens (tertiary/aromatic N) is 2. The van der Waals surface area contributed by atoms with Crippen molar-refractivity contribution in [1.82, 2.24) is 15.1 Å². The highest BCUT2D eigenvalue weighted by atomic mass is 35.5. The molecule has 0 saturated carbocycles. The lowest BCUT2D eigenvalue weighted by atomic mass is 10.3. The lowest BCUT2D eigenvalue weighted by Crippen LogP contribution is -1.94. The average molecular weight is 198 g/mol. The van der Waals surface area contributed by atoms with Gasteiger partial charge < -0.3 is 0 Å². The molecule has 0 unspecified atom stereocenters. The molecule has 1 N–H and O–H groups in total. The van der Waals surface area contributed by atoms with Crippen molar-refractivity contribution in [3.8, 4) is 11.4 Å². The van der Waals surface area contributed by atoms with Crippen LogP contribution in [0.2, 0.25) is 5.02 Å². The smallest absolute Gasteiger partial charge is 0.296 e. The summed E-state index contributed by atoms with van der Waals surface area (Å²) in [7, 11) is 0. The van der Waals surface area contributed by atoms with E-state index in [4.69, 9.17) is 11.6 Å². The second-order valence-electron chi connectivity index (χ2n) is 2.34. The first kappa shape index (κ1) is 8.00. The van der Waals surface area contributed by atoms with E-state index in [0.717, 1.165) is 0 Å². The summed E-state index contributed by atoms with van der Waals surface area (Å²) in [6.45, 7) is 0. The third-order valence-corrected chi connectivity index (χ3v) is 1.63. The molecule has 0 saturated heterocycles. The predicted molar refractivity (Wildman–Crippen MR) is 45.4 cm³/mol. The Balaban J connectivity index is 2.52. The number of hydrogen-bond donors (Lipinski definition) is 1. The van der Waals surface area contributed by atoms with Gasteiger partial charge in [-0.05, 0) is 6.07 Å². The summed E-state index contributed by atoms with van der Waals surface area (Å²) in [5, 5.41) is 3.96. The van der Waals surface area contributed by atoms with Gasteiger partial charge >= 0.3 is 5.76 Å². The molecule has 0 bridgehead atoms. The molecule has 0 aliphatic carbocycles. The molecule has 2 aromatic heterocycles. The molecular weight excluding hydrogens is 194 g/mol. The monoisotopic (exact) mass is 197 g/mol. The zero-order chi connectivity index (χ0) is 9.26. The number of aromatic amines is 1. The number of rotatable bonds is 1. The summed E-state index contributed by atoms with van der Waals surface area (Å²) in [5.74, 6) is -0.282. The van der Waals surface area contributed by atoms with Crippen LogP contribution >= 0.6 is 11.6 Å². The lowest BCUT2D eigenvalue weighted by Gasteiger charge is -1.92. The van der Waals surface area contributed by atoms with Crippen LogP contribution in [-0.2, 0) is 0 Å². The molecule has 2 heterocycles. The van der Waals surface area contributed by atoms with E-state index in [-0.39, 0.29) is 0 Å². The molecule has 6 heteroatoms. The van der Waals surface area contributed by atoms with Gasteiger partial charge in [0.25, 0.3) is 0 Å². The molecule has 66 valence electrons. The van der Waals surface area contributed by atoms with Crippen LogP contribution in [0, 0.1) is 0 Å². The Morgan fingerprint density at radius 1 is 1.46 bits per heavy atom. The third kappa shape index (κ3) is 1.59. The molecule has 0 fully saturated rings. The van der Waals surface area contributed by atoms with Gasteiger partial charge in [0.15, 0.2) is 5.82 Å². The topological polar surface area (TPSA) is 71.8 Å². The van der Waals surface area contributed by atoms with Crippen molar-refractivity contribution in [2.45, 2.75) is 0 Å². The summed E-state index contributed by atoms with van der Waals surface area (Å²) >= 11 is 5.69. The number of pyridine rings is 1. The largest absolute Gasteiger partial charge is 0.439 e. The maximum atomic E-state index is 10.6. The fourth-order valence-corrected chi connectivity index (χ4v) is 1.07. The predicted octanol–water partition coefficient (Wildman–Crippen LogP) is 1.08. The number of H-pyrrole nitrogens is 1. The molecule has 0 amide bonds. The second-order valence-corrected chi connectivity index (χ2v) is 2.77. The molecule has 5 nitrogen and oxygen atoms in total. The first-order valence-electron chi connectivity index (χ1n) is 3.42. The van der Waals surface area contributed by atoms with Gasteiger partial charge in [0.2, 0.25) is 0 Å². The Kier molecular flexibility index (Phi) is 1.86. The van der Waals surface area contributed by atoms with E-state index in [1.807, 2.05) is 0 Å². The van der Waals surface area contributed by atoms with Crippen LogP contribution in [-0.4, -0.2) is 15.1 Å². The van der Waals surface area contributed by atoms with E-state index in [2.05, 4.69) is 19.6 Å². The molecule has 0 atom stereocenters. The Morgan fingerprint density at radius 3 is 2.92 bits per heavy atom. The van der Waals surface area contributed by atoms with Crippen molar-refractivity contribution in [3.63, 3.8) is 0 Å². The van der Waals surface area contributed by atoms with Crippen molar-refractivity contribution >= 4 is 11.6 Å². The van der Waals surface area contributed by atoms with E-state index in [1.165, 1.54) is 12.4 Å². The maximum Gasteiger partial charge on any atom is 0.439 e. The van der Waals surface area contributed by atoms with Crippen LogP contribution in [0.1, 0.15) is 0 Å². The van der Waals surface area contributed by atoms with Crippen molar-refractivity contribution in [2.24, 2.45) is 0 Å². The number of hydrogen-bond acceptors (Lipinski definition) is 4. The normalized spacial score (nSPS) is 10.2. The van der Waals surface area contributed by atoms with Gasteiger partial charge in [-0.25, -0.2) is 4.79 Å². The first-order valence-corrected chi connectivity index (χ1v) is 3.80. The van der Waals surface area contributed by atoms with Crippen LogP contribution in [0.15, 0.2) is 27.8 Å². The lowest BCUT2D eigenvalue weighted by molar-refractivity contribution is 0.388. The maximum absolute atomic E-state index is 10.6. The van der Waals surface area contributed by atoms with E-state index in [9.17, 15) is 4.79 Å². The van der Waals surface area contributed by atoms with E-state index < -0.39 is 5.76 Å². The van der Waals surface area contributed by atoms with Crippen molar-refractivity contribution in [1.29, 1.82) is 0 Å². The van der Waals surface area contributed by atoms with Crippen LogP contribution < -0.4 is 5.76 Å². The van der Waals surface area contributed by atoms with Crippen LogP contribution in [0.4, 0.5) is 0 Å². The summed E-state index contributed by atoms with van der Waals surface area (Å²) in [5.41, 5.74) is 0.610. The summed E-state index contributed by atoms with van der Waals surface area (Å²) in [6.07, 6.45) is 3.02. The molecule has 0 aliphatic rings. The van der Waals surface area contributed by atoms with Gasteiger partial charge in [-0.1, -0.05) is 16.8 Å². The minimum Gasteiger partial charge on any atom is -0.296 e. The van der Waals surface area contributed by atoms with Gasteiger partial charge in [0.05, 0.1) is 5.02 Å². The van der Waals surface area contributed by atoms with Crippen molar-refractivity contribution in [3.05, 3.63) is 34.0 Å². The fourth-order valence-electron chi connectivity index (χ4n) is 0.896. The Labute approximate surface area is 77.4 Å². The number of halogens is 1. The zero-order valence-electron chi connectivity index (χ0n) is 6.32. The van der Waals surface area contributed by atoms with Gasteiger partial charge in [0.1, 0.15) is 0 Å². The van der Waals surface area contributed by atoms with E-state index in [1.54, 1.807) is 6.07 Å². The molecule has 0 aliphatic heterocycles. The standard InChI is InChI=1S/C7H4ClN3O2/c8-5-1-4(2-9-3-5)6-10-7(12)13-11-6/h1-3H,(H,10,11,12). The van der Waals surface area contributed by atoms with Crippen LogP contribution in [0.3, 0.4) is 0 Å². The van der Waals surface area contributed by atoms with Gasteiger partial charge in [-0.15, -0.1) is 0 Å². The SMILES string of the molecule is O=c1[nH]c(-c2cncc(Cl)c2)no1. The Bertz CT molecular complexity index is 476. The quantitative estimate of drug-likeness (QED) is 0.743. The Morgan fingerprint density at radius 2 is 2.31 bits per heavy atom. The molecule has 13 heavy (non-hydrogen) atoms. The summed E-state index contributed by atoms with van der Waals surface area (Å²) in [6, 6.07) is 1.63. The highest BCUT2D eigenvalue weighted by molar-refractivity contribution is 6.30. The van der Waals surface area contributed by atoms with E-state index in [0.29, 0.717) is 16.4 Å². The highest BCUT2D eigenvalue weighted by Crippen LogP contribution is 2.16. The molecule has 2 aromatic rings. The zero-order valence-corrected chi connectivity index (χ0v) is 7.08. The minimum atomic E-state index is -0.602. The fraction of sp³-hybridized carbons (Fsp3) is 0. The minimum absolute atomic E-state index is 0.319. The Hall–Kier alpha value is -1.62. The molecular formula is C7H4ClN3O2. The summed E-state index contributed by atoms with van der Waals surface area (Å²) < 4.78 is 4.33. The average Bonchev–Trinajstić information content (AvgIpc) is 2.52. The number of nitrogens with one attached hydrogen (secondary N) is 1. The summed E-state index contributed by atoms with van der Waals surface area (Å²) in [4.78, 5) is 16.8. The van der Waals surface area contributed by atoms with Gasteiger partial charge in [-0.2, -0.15) is 0 Å². The molecule has 0 radical (unpaired) electrons. The van der Waals surface area contributed by atoms with Crippen LogP contribution in [0.25, 0.3) is 11.4 Å². The highest BCUT2D eigenvalue weighted by Gasteiger charge is 2.04. The molecule has 2 rings (SSSR count). The molecule has 0 spiro atoms. The van der Waals surface area contributed by atoms with Gasteiger partial charge in [-0.3, -0.25) is 14.5 Å². The number of aromatic nitrogens is 3. The van der Waals surface area contributed by atoms with Gasteiger partial charge in [0, 0.05) is 18.0 Å².